The number of amides is 1. The zero-order valence-electron chi connectivity index (χ0n) is 15.7. The number of ether oxygens (including phenoxy) is 1. The molecule has 0 heterocycles. The van der Waals surface area contributed by atoms with Crippen LogP contribution in [0.5, 0.6) is 11.5 Å². The molecule has 0 bridgehead atoms. The minimum atomic E-state index is -0.154. The third kappa shape index (κ3) is 5.43. The number of rotatable bonds is 7. The molecule has 0 unspecified atom stereocenters. The number of nitrogens with zero attached hydrogens (tertiary/aromatic N) is 1. The Morgan fingerprint density at radius 2 is 1.48 bits per heavy atom. The van der Waals surface area contributed by atoms with Crippen molar-refractivity contribution in [3.63, 3.8) is 0 Å². The van der Waals surface area contributed by atoms with Gasteiger partial charge in [-0.05, 0) is 49.5 Å². The van der Waals surface area contributed by atoms with Gasteiger partial charge in [0.2, 0.25) is 0 Å². The van der Waals surface area contributed by atoms with E-state index in [1.54, 1.807) is 12.1 Å². The maximum atomic E-state index is 12.6. The minimum absolute atomic E-state index is 0.154. The quantitative estimate of drug-likeness (QED) is 0.676. The van der Waals surface area contributed by atoms with Crippen LogP contribution >= 0.6 is 0 Å². The van der Waals surface area contributed by atoms with Gasteiger partial charge in [0.15, 0.2) is 0 Å². The zero-order valence-corrected chi connectivity index (χ0v) is 15.7. The molecule has 27 heavy (non-hydrogen) atoms. The predicted octanol–water partition coefficient (Wildman–Crippen LogP) is 4.47. The molecule has 0 radical (unpaired) electrons. The summed E-state index contributed by atoms with van der Waals surface area (Å²) in [7, 11) is 4.09. The third-order valence-electron chi connectivity index (χ3n) is 4.08. The van der Waals surface area contributed by atoms with Crippen LogP contribution in [0, 0.1) is 0 Å². The van der Waals surface area contributed by atoms with Crippen molar-refractivity contribution in [3.8, 4) is 11.5 Å². The molecule has 0 saturated heterocycles. The highest BCUT2D eigenvalue weighted by Crippen LogP contribution is 2.25. The first-order chi connectivity index (χ1) is 13.1. The molecule has 3 aromatic carbocycles. The molecule has 0 aliphatic rings. The summed E-state index contributed by atoms with van der Waals surface area (Å²) in [5.41, 5.74) is 2.83. The largest absolute Gasteiger partial charge is 0.457 e. The summed E-state index contributed by atoms with van der Waals surface area (Å²) in [4.78, 5) is 14.8. The lowest BCUT2D eigenvalue weighted by Crippen LogP contribution is -2.23. The monoisotopic (exact) mass is 360 g/mol. The van der Waals surface area contributed by atoms with Crippen molar-refractivity contribution < 1.29 is 9.53 Å². The number of para-hydroxylation sites is 2. The molecule has 4 heteroatoms. The summed E-state index contributed by atoms with van der Waals surface area (Å²) >= 11 is 0. The first-order valence-corrected chi connectivity index (χ1v) is 8.94. The second-order valence-corrected chi connectivity index (χ2v) is 6.65. The van der Waals surface area contributed by atoms with Crippen LogP contribution in [0.1, 0.15) is 21.5 Å². The highest BCUT2D eigenvalue weighted by molar-refractivity contribution is 5.96. The number of carbonyl (C=O) groups excluding carboxylic acids is 1. The average Bonchev–Trinajstić information content (AvgIpc) is 2.68. The van der Waals surface area contributed by atoms with E-state index >= 15 is 0 Å². The number of nitrogens with one attached hydrogen (secondary N) is 1. The Morgan fingerprint density at radius 1 is 0.852 bits per heavy atom. The molecule has 0 fully saturated rings. The van der Waals surface area contributed by atoms with Crippen LogP contribution in [-0.2, 0) is 13.1 Å². The van der Waals surface area contributed by atoms with Gasteiger partial charge < -0.3 is 15.0 Å². The van der Waals surface area contributed by atoms with E-state index in [9.17, 15) is 4.79 Å². The molecular weight excluding hydrogens is 336 g/mol. The van der Waals surface area contributed by atoms with Crippen LogP contribution in [0.15, 0.2) is 78.9 Å². The molecule has 1 amide bonds. The molecule has 0 aliphatic carbocycles. The van der Waals surface area contributed by atoms with Crippen molar-refractivity contribution >= 4 is 5.91 Å². The van der Waals surface area contributed by atoms with E-state index in [1.165, 1.54) is 5.56 Å². The minimum Gasteiger partial charge on any atom is -0.457 e. The SMILES string of the molecule is CN(C)Cc1ccc(CNC(=O)c2ccccc2Oc2ccccc2)cc1. The fourth-order valence-electron chi connectivity index (χ4n) is 2.76. The predicted molar refractivity (Wildman–Crippen MR) is 108 cm³/mol. The maximum Gasteiger partial charge on any atom is 0.255 e. The van der Waals surface area contributed by atoms with Gasteiger partial charge in [0.1, 0.15) is 11.5 Å². The summed E-state index contributed by atoms with van der Waals surface area (Å²) in [6.45, 7) is 1.37. The van der Waals surface area contributed by atoms with Gasteiger partial charge in [-0.3, -0.25) is 4.79 Å². The Morgan fingerprint density at radius 3 is 2.19 bits per heavy atom. The molecule has 0 saturated carbocycles. The van der Waals surface area contributed by atoms with Crippen LogP contribution in [0.25, 0.3) is 0 Å². The highest BCUT2D eigenvalue weighted by atomic mass is 16.5. The molecule has 1 N–H and O–H groups in total. The van der Waals surface area contributed by atoms with Gasteiger partial charge in [0, 0.05) is 13.1 Å². The summed E-state index contributed by atoms with van der Waals surface area (Å²) in [5, 5.41) is 2.97. The molecule has 0 spiro atoms. The fourth-order valence-corrected chi connectivity index (χ4v) is 2.76. The fraction of sp³-hybridized carbons (Fsp3) is 0.174. The van der Waals surface area contributed by atoms with E-state index in [0.717, 1.165) is 12.1 Å². The average molecular weight is 360 g/mol. The maximum absolute atomic E-state index is 12.6. The number of carbonyl (C=O) groups is 1. The lowest BCUT2D eigenvalue weighted by atomic mass is 10.1. The van der Waals surface area contributed by atoms with Crippen LogP contribution in [0.2, 0.25) is 0 Å². The van der Waals surface area contributed by atoms with E-state index in [2.05, 4.69) is 22.3 Å². The standard InChI is InChI=1S/C23H24N2O2/c1-25(2)17-19-14-12-18(13-15-19)16-24-23(26)21-10-6-7-11-22(21)27-20-8-4-3-5-9-20/h3-15H,16-17H2,1-2H3,(H,24,26). The normalized spacial score (nSPS) is 10.6. The molecule has 0 aromatic heterocycles. The Hall–Kier alpha value is -3.11. The van der Waals surface area contributed by atoms with Crippen molar-refractivity contribution in [2.24, 2.45) is 0 Å². The summed E-state index contributed by atoms with van der Waals surface area (Å²) in [6, 6.07) is 25.0. The first kappa shape index (κ1) is 18.7. The molecular formula is C23H24N2O2. The number of hydrogen-bond acceptors (Lipinski definition) is 3. The zero-order chi connectivity index (χ0) is 19.1. The van der Waals surface area contributed by atoms with E-state index in [-0.39, 0.29) is 5.91 Å². The Balaban J connectivity index is 1.64. The summed E-state index contributed by atoms with van der Waals surface area (Å²) in [5.74, 6) is 1.09. The Bertz CT molecular complexity index is 874. The number of hydrogen-bond donors (Lipinski definition) is 1. The van der Waals surface area contributed by atoms with E-state index in [1.807, 2.05) is 68.7 Å². The molecule has 3 aromatic rings. The first-order valence-electron chi connectivity index (χ1n) is 8.94. The van der Waals surface area contributed by atoms with Gasteiger partial charge in [-0.25, -0.2) is 0 Å². The van der Waals surface area contributed by atoms with Crippen LogP contribution < -0.4 is 10.1 Å². The van der Waals surface area contributed by atoms with Crippen LogP contribution in [-0.4, -0.2) is 24.9 Å². The van der Waals surface area contributed by atoms with Crippen molar-refractivity contribution in [1.82, 2.24) is 10.2 Å². The smallest absolute Gasteiger partial charge is 0.255 e. The second-order valence-electron chi connectivity index (χ2n) is 6.65. The molecule has 138 valence electrons. The van der Waals surface area contributed by atoms with Crippen LogP contribution in [0.4, 0.5) is 0 Å². The Kier molecular flexibility index (Phi) is 6.23. The van der Waals surface area contributed by atoms with Crippen molar-refractivity contribution in [2.45, 2.75) is 13.1 Å². The third-order valence-corrected chi connectivity index (χ3v) is 4.08. The van der Waals surface area contributed by atoms with Gasteiger partial charge in [-0.1, -0.05) is 54.6 Å². The van der Waals surface area contributed by atoms with E-state index in [4.69, 9.17) is 4.74 Å². The lowest BCUT2D eigenvalue weighted by molar-refractivity contribution is 0.0948. The van der Waals surface area contributed by atoms with Crippen molar-refractivity contribution in [2.75, 3.05) is 14.1 Å². The molecule has 0 atom stereocenters. The van der Waals surface area contributed by atoms with Gasteiger partial charge in [0.05, 0.1) is 5.56 Å². The lowest BCUT2D eigenvalue weighted by Gasteiger charge is -2.12. The summed E-state index contributed by atoms with van der Waals surface area (Å²) in [6.07, 6.45) is 0. The molecule has 3 rings (SSSR count). The van der Waals surface area contributed by atoms with Gasteiger partial charge in [0.25, 0.3) is 5.91 Å². The van der Waals surface area contributed by atoms with Gasteiger partial charge in [-0.15, -0.1) is 0 Å². The molecule has 4 nitrogen and oxygen atoms in total. The Labute approximate surface area is 160 Å². The van der Waals surface area contributed by atoms with Gasteiger partial charge >= 0.3 is 0 Å². The van der Waals surface area contributed by atoms with E-state index < -0.39 is 0 Å². The van der Waals surface area contributed by atoms with E-state index in [0.29, 0.717) is 23.6 Å². The summed E-state index contributed by atoms with van der Waals surface area (Å²) < 4.78 is 5.87. The topological polar surface area (TPSA) is 41.6 Å². The van der Waals surface area contributed by atoms with Crippen molar-refractivity contribution in [1.29, 1.82) is 0 Å². The number of benzene rings is 3. The highest BCUT2D eigenvalue weighted by Gasteiger charge is 2.12. The van der Waals surface area contributed by atoms with Crippen LogP contribution in [0.3, 0.4) is 0 Å². The van der Waals surface area contributed by atoms with Gasteiger partial charge in [-0.2, -0.15) is 0 Å². The second kappa shape index (κ2) is 9.01. The van der Waals surface area contributed by atoms with Crippen molar-refractivity contribution in [3.05, 3.63) is 95.6 Å². The molecule has 0 aliphatic heterocycles.